The van der Waals surface area contributed by atoms with Crippen molar-refractivity contribution in [3.05, 3.63) is 64.0 Å². The highest BCUT2D eigenvalue weighted by Crippen LogP contribution is 2.34. The maximum atomic E-state index is 13.2. The smallest absolute Gasteiger partial charge is 0.277 e. The number of likely N-dealkylation sites (N-methyl/N-ethyl adjacent to an activating group) is 1. The van der Waals surface area contributed by atoms with Crippen molar-refractivity contribution in [3.8, 4) is 0 Å². The van der Waals surface area contributed by atoms with Crippen molar-refractivity contribution in [2.45, 2.75) is 32.9 Å². The van der Waals surface area contributed by atoms with Crippen molar-refractivity contribution >= 4 is 28.7 Å². The fraction of sp³-hybridized carbons (Fsp3) is 0.364. The van der Waals surface area contributed by atoms with Crippen LogP contribution in [0.1, 0.15) is 30.7 Å². The van der Waals surface area contributed by atoms with Gasteiger partial charge in [0, 0.05) is 31.6 Å². The van der Waals surface area contributed by atoms with Crippen LogP contribution >= 0.6 is 11.3 Å². The van der Waals surface area contributed by atoms with Crippen LogP contribution in [0.15, 0.2) is 53.5 Å². The molecule has 0 saturated carbocycles. The molecule has 1 aliphatic heterocycles. The summed E-state index contributed by atoms with van der Waals surface area (Å²) in [5.41, 5.74) is 2.07. The van der Waals surface area contributed by atoms with Gasteiger partial charge in [0.2, 0.25) is 0 Å². The lowest BCUT2D eigenvalue weighted by atomic mass is 10.1. The predicted octanol–water partition coefficient (Wildman–Crippen LogP) is 3.78. The Morgan fingerprint density at radius 3 is 2.46 bits per heavy atom. The van der Waals surface area contributed by atoms with Gasteiger partial charge in [-0.15, -0.1) is 11.3 Å². The molecule has 28 heavy (non-hydrogen) atoms. The van der Waals surface area contributed by atoms with Crippen LogP contribution in [0, 0.1) is 0 Å². The molecule has 2 aromatic rings. The Morgan fingerprint density at radius 2 is 1.82 bits per heavy atom. The molecule has 0 spiro atoms. The summed E-state index contributed by atoms with van der Waals surface area (Å²) in [6, 6.07) is 13.7. The zero-order valence-electron chi connectivity index (χ0n) is 16.6. The van der Waals surface area contributed by atoms with Crippen LogP contribution in [0.5, 0.6) is 0 Å². The monoisotopic (exact) mass is 398 g/mol. The summed E-state index contributed by atoms with van der Waals surface area (Å²) in [7, 11) is 1.87. The van der Waals surface area contributed by atoms with E-state index in [4.69, 9.17) is 4.74 Å². The first-order chi connectivity index (χ1) is 13.5. The quantitative estimate of drug-likeness (QED) is 0.477. The topological polar surface area (TPSA) is 49.9 Å². The molecule has 0 fully saturated rings. The number of imide groups is 1. The number of hydrogen-bond acceptors (Lipinski definition) is 5. The Labute approximate surface area is 170 Å². The standard InChI is InChI=1S/C22H26N2O3S/c1-16(2)27-13-8-12-24-21(25)19(18-11-7-14-28-18)20(22(24)26)23(3)15-17-9-5-4-6-10-17/h4-7,9-11,14,16H,8,12-13,15H2,1-3H3. The van der Waals surface area contributed by atoms with Crippen LogP contribution in [0.25, 0.3) is 5.57 Å². The summed E-state index contributed by atoms with van der Waals surface area (Å²) in [5, 5.41) is 1.92. The average molecular weight is 399 g/mol. The van der Waals surface area contributed by atoms with E-state index >= 15 is 0 Å². The van der Waals surface area contributed by atoms with Crippen molar-refractivity contribution in [2.24, 2.45) is 0 Å². The van der Waals surface area contributed by atoms with E-state index in [-0.39, 0.29) is 17.9 Å². The van der Waals surface area contributed by atoms with E-state index in [0.717, 1.165) is 10.4 Å². The predicted molar refractivity (Wildman–Crippen MR) is 112 cm³/mol. The lowest BCUT2D eigenvalue weighted by Gasteiger charge is -2.21. The molecular formula is C22H26N2O3S. The molecule has 0 atom stereocenters. The first kappa shape index (κ1) is 20.3. The summed E-state index contributed by atoms with van der Waals surface area (Å²) < 4.78 is 5.55. The van der Waals surface area contributed by atoms with Crippen LogP contribution in [0.4, 0.5) is 0 Å². The SMILES string of the molecule is CC(C)OCCCN1C(=O)C(c2cccs2)=C(N(C)Cc2ccccc2)C1=O. The van der Waals surface area contributed by atoms with E-state index in [1.165, 1.54) is 16.2 Å². The molecule has 6 heteroatoms. The van der Waals surface area contributed by atoms with Crippen LogP contribution in [-0.4, -0.2) is 47.9 Å². The highest BCUT2D eigenvalue weighted by Gasteiger charge is 2.40. The molecule has 2 amide bonds. The number of thiophene rings is 1. The van der Waals surface area contributed by atoms with Gasteiger partial charge in [0.25, 0.3) is 11.8 Å². The van der Waals surface area contributed by atoms with E-state index in [1.807, 2.05) is 73.6 Å². The molecule has 148 valence electrons. The van der Waals surface area contributed by atoms with Gasteiger partial charge >= 0.3 is 0 Å². The van der Waals surface area contributed by atoms with Gasteiger partial charge in [-0.3, -0.25) is 14.5 Å². The Hall–Kier alpha value is -2.44. The largest absolute Gasteiger partial charge is 0.379 e. The van der Waals surface area contributed by atoms with Crippen LogP contribution in [-0.2, 0) is 20.9 Å². The minimum Gasteiger partial charge on any atom is -0.379 e. The highest BCUT2D eigenvalue weighted by atomic mass is 32.1. The fourth-order valence-electron chi connectivity index (χ4n) is 3.24. The normalized spacial score (nSPS) is 14.5. The minimum absolute atomic E-state index is 0.136. The minimum atomic E-state index is -0.226. The number of ether oxygens (including phenoxy) is 1. The zero-order chi connectivity index (χ0) is 20.1. The molecule has 1 aromatic carbocycles. The number of rotatable bonds is 9. The summed E-state index contributed by atoms with van der Waals surface area (Å²) in [4.78, 5) is 30.3. The number of nitrogens with zero attached hydrogens (tertiary/aromatic N) is 2. The second-order valence-corrected chi connectivity index (χ2v) is 8.03. The molecule has 0 aliphatic carbocycles. The molecule has 0 N–H and O–H groups in total. The lowest BCUT2D eigenvalue weighted by molar-refractivity contribution is -0.137. The molecule has 1 aliphatic rings. The Balaban J connectivity index is 1.82. The van der Waals surface area contributed by atoms with E-state index in [9.17, 15) is 9.59 Å². The van der Waals surface area contributed by atoms with E-state index in [1.54, 1.807) is 0 Å². The first-order valence-electron chi connectivity index (χ1n) is 9.50. The van der Waals surface area contributed by atoms with Crippen molar-refractivity contribution < 1.29 is 14.3 Å². The molecular weight excluding hydrogens is 372 g/mol. The second kappa shape index (κ2) is 9.17. The third kappa shape index (κ3) is 4.51. The van der Waals surface area contributed by atoms with Crippen molar-refractivity contribution in [2.75, 3.05) is 20.2 Å². The number of benzene rings is 1. The number of carbonyl (C=O) groups excluding carboxylic acids is 2. The molecule has 1 aromatic heterocycles. The van der Waals surface area contributed by atoms with Crippen LogP contribution in [0.2, 0.25) is 0 Å². The van der Waals surface area contributed by atoms with Crippen LogP contribution in [0.3, 0.4) is 0 Å². The highest BCUT2D eigenvalue weighted by molar-refractivity contribution is 7.11. The molecule has 3 rings (SSSR count). The van der Waals surface area contributed by atoms with Crippen molar-refractivity contribution in [1.29, 1.82) is 0 Å². The van der Waals surface area contributed by atoms with Gasteiger partial charge < -0.3 is 9.64 Å². The zero-order valence-corrected chi connectivity index (χ0v) is 17.4. The first-order valence-corrected chi connectivity index (χ1v) is 10.4. The molecule has 0 bridgehead atoms. The molecule has 0 radical (unpaired) electrons. The van der Waals surface area contributed by atoms with Gasteiger partial charge in [-0.2, -0.15) is 0 Å². The summed E-state index contributed by atoms with van der Waals surface area (Å²) >= 11 is 1.48. The molecule has 2 heterocycles. The second-order valence-electron chi connectivity index (χ2n) is 7.08. The molecule has 5 nitrogen and oxygen atoms in total. The van der Waals surface area contributed by atoms with E-state index < -0.39 is 0 Å². The third-order valence-corrected chi connectivity index (χ3v) is 5.42. The number of carbonyl (C=O) groups is 2. The van der Waals surface area contributed by atoms with Gasteiger partial charge in [-0.25, -0.2) is 0 Å². The maximum Gasteiger partial charge on any atom is 0.277 e. The van der Waals surface area contributed by atoms with E-state index in [2.05, 4.69) is 0 Å². The summed E-state index contributed by atoms with van der Waals surface area (Å²) in [6.45, 7) is 5.40. The lowest BCUT2D eigenvalue weighted by Crippen LogP contribution is -2.35. The Bertz CT molecular complexity index is 844. The number of amides is 2. The van der Waals surface area contributed by atoms with Crippen LogP contribution < -0.4 is 0 Å². The molecule has 0 saturated heterocycles. The van der Waals surface area contributed by atoms with Crippen molar-refractivity contribution in [1.82, 2.24) is 9.80 Å². The Kier molecular flexibility index (Phi) is 6.65. The van der Waals surface area contributed by atoms with Gasteiger partial charge in [0.1, 0.15) is 5.70 Å². The van der Waals surface area contributed by atoms with Gasteiger partial charge in [-0.05, 0) is 37.3 Å². The third-order valence-electron chi connectivity index (χ3n) is 4.53. The van der Waals surface area contributed by atoms with Gasteiger partial charge in [-0.1, -0.05) is 36.4 Å². The average Bonchev–Trinajstić information content (AvgIpc) is 3.27. The van der Waals surface area contributed by atoms with Gasteiger partial charge in [0.15, 0.2) is 0 Å². The van der Waals surface area contributed by atoms with Crippen molar-refractivity contribution in [3.63, 3.8) is 0 Å². The summed E-state index contributed by atoms with van der Waals surface area (Å²) in [5.74, 6) is -0.441. The maximum absolute atomic E-state index is 13.2. The molecule has 0 unspecified atom stereocenters. The summed E-state index contributed by atoms with van der Waals surface area (Å²) in [6.07, 6.45) is 0.764. The van der Waals surface area contributed by atoms with Gasteiger partial charge in [0.05, 0.1) is 11.7 Å². The number of hydrogen-bond donors (Lipinski definition) is 0. The van der Waals surface area contributed by atoms with E-state index in [0.29, 0.717) is 37.4 Å². The fourth-order valence-corrected chi connectivity index (χ4v) is 4.00. The Morgan fingerprint density at radius 1 is 1.07 bits per heavy atom.